The van der Waals surface area contributed by atoms with E-state index in [4.69, 9.17) is 11.5 Å². The third-order valence-corrected chi connectivity index (χ3v) is 5.70. The lowest BCUT2D eigenvalue weighted by Gasteiger charge is -2.25. The molecule has 8 heteroatoms. The summed E-state index contributed by atoms with van der Waals surface area (Å²) in [6.45, 7) is 2.68. The molecule has 0 spiro atoms. The molecule has 5 N–H and O–H groups in total. The predicted molar refractivity (Wildman–Crippen MR) is 123 cm³/mol. The van der Waals surface area contributed by atoms with Crippen LogP contribution in [0.3, 0.4) is 0 Å². The highest BCUT2D eigenvalue weighted by Crippen LogP contribution is 2.28. The van der Waals surface area contributed by atoms with Crippen molar-refractivity contribution in [1.29, 1.82) is 0 Å². The molecule has 0 fully saturated rings. The maximum atomic E-state index is 14.9. The van der Waals surface area contributed by atoms with E-state index in [1.165, 1.54) is 24.1 Å². The average Bonchev–Trinajstić information content (AvgIpc) is 2.69. The van der Waals surface area contributed by atoms with E-state index in [-0.39, 0.29) is 17.8 Å². The highest BCUT2D eigenvalue weighted by atomic mass is 79.9. The zero-order chi connectivity index (χ0) is 21.8. The van der Waals surface area contributed by atoms with Gasteiger partial charge >= 0.3 is 0 Å². The number of hydrogen-bond donors (Lipinski definition) is 3. The summed E-state index contributed by atoms with van der Waals surface area (Å²) in [4.78, 5) is 2.69. The molecule has 0 atom stereocenters. The highest BCUT2D eigenvalue weighted by Gasteiger charge is 2.15. The summed E-state index contributed by atoms with van der Waals surface area (Å²) in [5, 5.41) is 0. The predicted octanol–water partition coefficient (Wildman–Crippen LogP) is 4.51. The molecule has 0 aromatic heterocycles. The Morgan fingerprint density at radius 3 is 2.70 bits per heavy atom. The number of rotatable bonds is 4. The topological polar surface area (TPSA) is 67.3 Å². The molecule has 0 unspecified atom stereocenters. The first-order chi connectivity index (χ1) is 14.3. The van der Waals surface area contributed by atoms with Gasteiger partial charge in [-0.15, -0.1) is 0 Å². The van der Waals surface area contributed by atoms with Crippen molar-refractivity contribution in [2.45, 2.75) is 11.8 Å². The standard InChI is InChI=1S/C22H21BrF2N4S/c1-13-7-16(23)10-17(8-13)30-28-20-6-5-19(24)18(21(20)25)4-3-14-9-15(11-26)22(27)29(2)12-14/h5-10,28H,11-12,26-27H2,1-2H3. The Bertz CT molecular complexity index is 1080. The van der Waals surface area contributed by atoms with Crippen LogP contribution in [0.15, 0.2) is 62.7 Å². The monoisotopic (exact) mass is 490 g/mol. The van der Waals surface area contributed by atoms with Gasteiger partial charge in [0.25, 0.3) is 0 Å². The summed E-state index contributed by atoms with van der Waals surface area (Å²) in [6.07, 6.45) is 1.77. The molecular weight excluding hydrogens is 470 g/mol. The molecule has 2 aromatic rings. The minimum atomic E-state index is -0.736. The van der Waals surface area contributed by atoms with Crippen LogP contribution in [0.2, 0.25) is 0 Å². The van der Waals surface area contributed by atoms with Gasteiger partial charge < -0.3 is 21.1 Å². The van der Waals surface area contributed by atoms with E-state index in [0.29, 0.717) is 17.9 Å². The second kappa shape index (κ2) is 9.56. The zero-order valence-electron chi connectivity index (χ0n) is 16.5. The fraction of sp³-hybridized carbons (Fsp3) is 0.182. The van der Waals surface area contributed by atoms with Crippen molar-refractivity contribution in [3.8, 4) is 11.8 Å². The van der Waals surface area contributed by atoms with Gasteiger partial charge in [-0.3, -0.25) is 0 Å². The van der Waals surface area contributed by atoms with Crippen molar-refractivity contribution in [2.75, 3.05) is 24.9 Å². The third kappa shape index (κ3) is 5.17. The number of aryl methyl sites for hydroxylation is 1. The SMILES string of the molecule is Cc1cc(Br)cc(SNc2ccc(F)c(C#CC3=CC(CN)=C(N)N(C)C3)c2F)c1. The summed E-state index contributed by atoms with van der Waals surface area (Å²) in [6, 6.07) is 8.41. The van der Waals surface area contributed by atoms with Gasteiger partial charge in [0.1, 0.15) is 11.6 Å². The molecule has 0 bridgehead atoms. The van der Waals surface area contributed by atoms with Crippen molar-refractivity contribution in [3.63, 3.8) is 0 Å². The number of nitrogens with two attached hydrogens (primary N) is 2. The molecule has 1 aliphatic heterocycles. The molecule has 0 saturated carbocycles. The smallest absolute Gasteiger partial charge is 0.165 e. The van der Waals surface area contributed by atoms with Crippen molar-refractivity contribution in [2.24, 2.45) is 11.5 Å². The summed E-state index contributed by atoms with van der Waals surface area (Å²) in [5.74, 6) is 4.61. The van der Waals surface area contributed by atoms with Crippen LogP contribution in [0.25, 0.3) is 0 Å². The van der Waals surface area contributed by atoms with Gasteiger partial charge in [-0.1, -0.05) is 27.8 Å². The molecule has 0 aliphatic carbocycles. The quantitative estimate of drug-likeness (QED) is 0.434. The summed E-state index contributed by atoms with van der Waals surface area (Å²) in [7, 11) is 1.81. The molecule has 0 radical (unpaired) electrons. The summed E-state index contributed by atoms with van der Waals surface area (Å²) in [5.41, 5.74) is 14.0. The highest BCUT2D eigenvalue weighted by molar-refractivity contribution is 9.10. The molecule has 156 valence electrons. The van der Waals surface area contributed by atoms with Crippen LogP contribution in [-0.4, -0.2) is 25.0 Å². The molecule has 0 amide bonds. The lowest BCUT2D eigenvalue weighted by Crippen LogP contribution is -2.31. The van der Waals surface area contributed by atoms with Gasteiger partial charge in [-0.25, -0.2) is 8.78 Å². The van der Waals surface area contributed by atoms with Gasteiger partial charge in [-0.2, -0.15) is 0 Å². The van der Waals surface area contributed by atoms with Gasteiger partial charge in [0.2, 0.25) is 0 Å². The van der Waals surface area contributed by atoms with E-state index >= 15 is 0 Å². The van der Waals surface area contributed by atoms with Crippen molar-refractivity contribution in [1.82, 2.24) is 4.90 Å². The number of nitrogens with one attached hydrogen (secondary N) is 1. The first-order valence-corrected chi connectivity index (χ1v) is 10.7. The minimum Gasteiger partial charge on any atom is -0.385 e. The Hall–Kier alpha value is -2.47. The Morgan fingerprint density at radius 1 is 1.23 bits per heavy atom. The lowest BCUT2D eigenvalue weighted by molar-refractivity contribution is 0.440. The molecule has 1 heterocycles. The Balaban J connectivity index is 1.85. The van der Waals surface area contributed by atoms with E-state index in [9.17, 15) is 8.78 Å². The van der Waals surface area contributed by atoms with Gasteiger partial charge in [0, 0.05) is 34.1 Å². The fourth-order valence-corrected chi connectivity index (χ4v) is 4.49. The number of halogens is 3. The second-order valence-corrected chi connectivity index (χ2v) is 8.64. The van der Waals surface area contributed by atoms with Gasteiger partial charge in [-0.05, 0) is 60.8 Å². The van der Waals surface area contributed by atoms with Crippen molar-refractivity contribution >= 4 is 33.6 Å². The first-order valence-electron chi connectivity index (χ1n) is 9.09. The van der Waals surface area contributed by atoms with E-state index < -0.39 is 11.6 Å². The van der Waals surface area contributed by atoms with E-state index in [1.54, 1.807) is 11.0 Å². The summed E-state index contributed by atoms with van der Waals surface area (Å²) >= 11 is 4.68. The number of likely N-dealkylation sites (N-methyl/N-ethyl adjacent to an activating group) is 1. The van der Waals surface area contributed by atoms with Crippen LogP contribution >= 0.6 is 27.9 Å². The Kier molecular flexibility index (Phi) is 7.08. The van der Waals surface area contributed by atoms with Crippen molar-refractivity contribution < 1.29 is 8.78 Å². The molecule has 0 saturated heterocycles. The van der Waals surface area contributed by atoms with E-state index in [1.807, 2.05) is 32.2 Å². The third-order valence-electron chi connectivity index (χ3n) is 4.45. The van der Waals surface area contributed by atoms with Gasteiger partial charge in [0.15, 0.2) is 5.82 Å². The number of nitrogens with zero attached hydrogens (tertiary/aromatic N) is 1. The fourth-order valence-electron chi connectivity index (χ4n) is 2.92. The summed E-state index contributed by atoms with van der Waals surface area (Å²) < 4.78 is 33.1. The Labute approximate surface area is 187 Å². The molecule has 3 rings (SSSR count). The van der Waals surface area contributed by atoms with Crippen LogP contribution in [0.1, 0.15) is 11.1 Å². The molecule has 30 heavy (non-hydrogen) atoms. The lowest BCUT2D eigenvalue weighted by atomic mass is 10.1. The molecular formula is C22H21BrF2N4S. The van der Waals surface area contributed by atoms with Crippen LogP contribution in [0.5, 0.6) is 0 Å². The van der Waals surface area contributed by atoms with Crippen molar-refractivity contribution in [3.05, 3.63) is 80.6 Å². The normalized spacial score (nSPS) is 13.7. The number of anilines is 1. The zero-order valence-corrected chi connectivity index (χ0v) is 18.9. The van der Waals surface area contributed by atoms with Crippen LogP contribution in [-0.2, 0) is 0 Å². The number of benzene rings is 2. The van der Waals surface area contributed by atoms with E-state index in [0.717, 1.165) is 20.5 Å². The maximum absolute atomic E-state index is 14.9. The number of hydrogen-bond acceptors (Lipinski definition) is 5. The first kappa shape index (κ1) is 22.2. The van der Waals surface area contributed by atoms with E-state index in [2.05, 4.69) is 32.5 Å². The van der Waals surface area contributed by atoms with Gasteiger partial charge in [0.05, 0.1) is 17.8 Å². The van der Waals surface area contributed by atoms with Crippen LogP contribution in [0, 0.1) is 30.4 Å². The second-order valence-electron chi connectivity index (χ2n) is 6.84. The molecule has 4 nitrogen and oxygen atoms in total. The minimum absolute atomic E-state index is 0.157. The molecule has 2 aromatic carbocycles. The van der Waals surface area contributed by atoms with Crippen LogP contribution < -0.4 is 16.2 Å². The largest absolute Gasteiger partial charge is 0.385 e. The maximum Gasteiger partial charge on any atom is 0.165 e. The average molecular weight is 491 g/mol. The Morgan fingerprint density at radius 2 is 2.00 bits per heavy atom. The molecule has 1 aliphatic rings. The van der Waals surface area contributed by atoms with Crippen LogP contribution in [0.4, 0.5) is 14.5 Å².